The van der Waals surface area contributed by atoms with E-state index in [1.807, 2.05) is 0 Å². The van der Waals surface area contributed by atoms with Crippen LogP contribution < -0.4 is 5.32 Å². The zero-order valence-electron chi connectivity index (χ0n) is 10.8. The summed E-state index contributed by atoms with van der Waals surface area (Å²) < 4.78 is 37.7. The Bertz CT molecular complexity index is 415. The van der Waals surface area contributed by atoms with Gasteiger partial charge in [-0.25, -0.2) is 0 Å². The lowest BCUT2D eigenvalue weighted by molar-refractivity contribution is -0.137. The van der Waals surface area contributed by atoms with E-state index in [1.54, 1.807) is 6.07 Å². The molecule has 1 saturated carbocycles. The Kier molecular flexibility index (Phi) is 4.79. The first kappa shape index (κ1) is 14.7. The van der Waals surface area contributed by atoms with Gasteiger partial charge in [-0.05, 0) is 43.5 Å². The predicted octanol–water partition coefficient (Wildman–Crippen LogP) is 4.19. The van der Waals surface area contributed by atoms with E-state index < -0.39 is 11.7 Å². The van der Waals surface area contributed by atoms with Crippen LogP contribution in [-0.4, -0.2) is 18.3 Å². The molecular weight excluding hydrogens is 271 g/mol. The second-order valence-electron chi connectivity index (χ2n) is 5.12. The highest BCUT2D eigenvalue weighted by atomic mass is 32.2. The van der Waals surface area contributed by atoms with Crippen molar-refractivity contribution in [2.24, 2.45) is 5.92 Å². The summed E-state index contributed by atoms with van der Waals surface area (Å²) in [5.74, 6) is 1.29. The minimum absolute atomic E-state index is 0.458. The van der Waals surface area contributed by atoms with Crippen LogP contribution in [0.3, 0.4) is 0 Å². The summed E-state index contributed by atoms with van der Waals surface area (Å²) in [6, 6.07) is 6.23. The van der Waals surface area contributed by atoms with E-state index >= 15 is 0 Å². The molecule has 0 aromatic heterocycles. The van der Waals surface area contributed by atoms with Crippen LogP contribution >= 0.6 is 11.8 Å². The smallest absolute Gasteiger partial charge is 0.314 e. The molecule has 2 rings (SSSR count). The fourth-order valence-electron chi connectivity index (χ4n) is 1.71. The van der Waals surface area contributed by atoms with Gasteiger partial charge in [-0.15, -0.1) is 11.8 Å². The highest BCUT2D eigenvalue weighted by molar-refractivity contribution is 7.99. The number of nitrogens with one attached hydrogen (secondary N) is 1. The SMILES string of the molecule is CC(CNC1CC1)CSc1cccc(C(F)(F)F)c1. The van der Waals surface area contributed by atoms with Crippen LogP contribution in [0.4, 0.5) is 13.2 Å². The van der Waals surface area contributed by atoms with E-state index in [9.17, 15) is 13.2 Å². The molecule has 1 aliphatic rings. The summed E-state index contributed by atoms with van der Waals surface area (Å²) >= 11 is 1.49. The molecule has 1 aromatic carbocycles. The third kappa shape index (κ3) is 5.07. The van der Waals surface area contributed by atoms with E-state index in [2.05, 4.69) is 12.2 Å². The minimum Gasteiger partial charge on any atom is -0.314 e. The number of rotatable bonds is 6. The molecule has 0 saturated heterocycles. The van der Waals surface area contributed by atoms with Crippen LogP contribution in [0.2, 0.25) is 0 Å². The Labute approximate surface area is 116 Å². The monoisotopic (exact) mass is 289 g/mol. The minimum atomic E-state index is -4.25. The average molecular weight is 289 g/mol. The van der Waals surface area contributed by atoms with E-state index in [0.717, 1.165) is 18.4 Å². The first-order valence-electron chi connectivity index (χ1n) is 6.48. The van der Waals surface area contributed by atoms with Gasteiger partial charge in [-0.1, -0.05) is 13.0 Å². The van der Waals surface area contributed by atoms with Crippen molar-refractivity contribution in [2.75, 3.05) is 12.3 Å². The number of hydrogen-bond donors (Lipinski definition) is 1. The van der Waals surface area contributed by atoms with Crippen LogP contribution in [-0.2, 0) is 6.18 Å². The lowest BCUT2D eigenvalue weighted by Gasteiger charge is -2.13. The number of alkyl halides is 3. The quantitative estimate of drug-likeness (QED) is 0.788. The van der Waals surface area contributed by atoms with E-state index in [-0.39, 0.29) is 0 Å². The molecule has 0 bridgehead atoms. The Hall–Kier alpha value is -0.680. The zero-order chi connectivity index (χ0) is 13.9. The Morgan fingerprint density at radius 1 is 1.37 bits per heavy atom. The fraction of sp³-hybridized carbons (Fsp3) is 0.571. The van der Waals surface area contributed by atoms with Crippen molar-refractivity contribution in [1.29, 1.82) is 0 Å². The van der Waals surface area contributed by atoms with Crippen molar-refractivity contribution in [3.63, 3.8) is 0 Å². The van der Waals surface area contributed by atoms with Crippen LogP contribution in [0.5, 0.6) is 0 Å². The molecule has 1 atom stereocenters. The molecule has 1 fully saturated rings. The van der Waals surface area contributed by atoms with Crippen molar-refractivity contribution in [1.82, 2.24) is 5.32 Å². The van der Waals surface area contributed by atoms with Gasteiger partial charge in [0.15, 0.2) is 0 Å². The topological polar surface area (TPSA) is 12.0 Å². The van der Waals surface area contributed by atoms with Crippen LogP contribution in [0.15, 0.2) is 29.2 Å². The molecule has 0 heterocycles. The Morgan fingerprint density at radius 3 is 2.74 bits per heavy atom. The maximum absolute atomic E-state index is 12.6. The first-order valence-corrected chi connectivity index (χ1v) is 7.47. The molecule has 0 aliphatic heterocycles. The van der Waals surface area contributed by atoms with Gasteiger partial charge in [0.1, 0.15) is 0 Å². The standard InChI is InChI=1S/C14H18F3NS/c1-10(8-18-12-5-6-12)9-19-13-4-2-3-11(7-13)14(15,16)17/h2-4,7,10,12,18H,5-6,8-9H2,1H3. The molecule has 19 heavy (non-hydrogen) atoms. The van der Waals surface area contributed by atoms with Gasteiger partial charge in [-0.3, -0.25) is 0 Å². The van der Waals surface area contributed by atoms with Gasteiger partial charge in [0, 0.05) is 16.7 Å². The average Bonchev–Trinajstić information content (AvgIpc) is 3.17. The van der Waals surface area contributed by atoms with Crippen molar-refractivity contribution >= 4 is 11.8 Å². The van der Waals surface area contributed by atoms with Gasteiger partial charge >= 0.3 is 6.18 Å². The third-order valence-corrected chi connectivity index (χ3v) is 4.35. The molecule has 1 nitrogen and oxygen atoms in total. The van der Waals surface area contributed by atoms with Crippen molar-refractivity contribution in [2.45, 2.75) is 36.9 Å². The van der Waals surface area contributed by atoms with Crippen molar-refractivity contribution in [3.05, 3.63) is 29.8 Å². The molecule has 1 unspecified atom stereocenters. The van der Waals surface area contributed by atoms with E-state index in [1.165, 1.54) is 36.7 Å². The molecule has 1 aromatic rings. The van der Waals surface area contributed by atoms with Crippen molar-refractivity contribution in [3.8, 4) is 0 Å². The summed E-state index contributed by atoms with van der Waals surface area (Å²) in [6.07, 6.45) is -1.74. The number of hydrogen-bond acceptors (Lipinski definition) is 2. The molecule has 0 spiro atoms. The van der Waals surface area contributed by atoms with E-state index in [0.29, 0.717) is 16.9 Å². The Balaban J connectivity index is 1.81. The third-order valence-electron chi connectivity index (χ3n) is 3.03. The molecule has 0 radical (unpaired) electrons. The highest BCUT2D eigenvalue weighted by Crippen LogP contribution is 2.32. The van der Waals surface area contributed by atoms with Gasteiger partial charge in [-0.2, -0.15) is 13.2 Å². The van der Waals surface area contributed by atoms with Crippen LogP contribution in [0.1, 0.15) is 25.3 Å². The maximum atomic E-state index is 12.6. The first-order chi connectivity index (χ1) is 8.95. The number of halogens is 3. The van der Waals surface area contributed by atoms with Gasteiger partial charge in [0.25, 0.3) is 0 Å². The summed E-state index contributed by atoms with van der Waals surface area (Å²) in [5, 5.41) is 3.43. The maximum Gasteiger partial charge on any atom is 0.416 e. The Morgan fingerprint density at radius 2 is 2.11 bits per heavy atom. The molecule has 0 amide bonds. The molecule has 106 valence electrons. The lowest BCUT2D eigenvalue weighted by Crippen LogP contribution is -2.24. The molecular formula is C14H18F3NS. The molecule has 5 heteroatoms. The summed E-state index contributed by atoms with van der Waals surface area (Å²) in [7, 11) is 0. The zero-order valence-corrected chi connectivity index (χ0v) is 11.7. The number of benzene rings is 1. The van der Waals surface area contributed by atoms with Crippen LogP contribution in [0.25, 0.3) is 0 Å². The van der Waals surface area contributed by atoms with Crippen molar-refractivity contribution < 1.29 is 13.2 Å². The molecule has 1 aliphatic carbocycles. The second kappa shape index (κ2) is 6.18. The normalized spacial score (nSPS) is 17.5. The summed E-state index contributed by atoms with van der Waals surface area (Å²) in [4.78, 5) is 0.688. The van der Waals surface area contributed by atoms with E-state index in [4.69, 9.17) is 0 Å². The lowest BCUT2D eigenvalue weighted by atomic mass is 10.2. The van der Waals surface area contributed by atoms with Gasteiger partial charge in [0.05, 0.1) is 5.56 Å². The van der Waals surface area contributed by atoms with Gasteiger partial charge < -0.3 is 5.32 Å². The highest BCUT2D eigenvalue weighted by Gasteiger charge is 2.30. The van der Waals surface area contributed by atoms with Crippen LogP contribution in [0, 0.1) is 5.92 Å². The summed E-state index contributed by atoms with van der Waals surface area (Å²) in [5.41, 5.74) is -0.568. The fourth-order valence-corrected chi connectivity index (χ4v) is 2.69. The predicted molar refractivity (Wildman–Crippen MR) is 72.4 cm³/mol. The van der Waals surface area contributed by atoms with Gasteiger partial charge in [0.2, 0.25) is 0 Å². The number of thioether (sulfide) groups is 1. The molecule has 1 N–H and O–H groups in total. The summed E-state index contributed by atoms with van der Waals surface area (Å²) in [6.45, 7) is 3.06. The largest absolute Gasteiger partial charge is 0.416 e. The second-order valence-corrected chi connectivity index (χ2v) is 6.22.